The fourth-order valence-corrected chi connectivity index (χ4v) is 3.12. The lowest BCUT2D eigenvalue weighted by molar-refractivity contribution is -0.150. The summed E-state index contributed by atoms with van der Waals surface area (Å²) in [5.74, 6) is -0.266. The lowest BCUT2D eigenvalue weighted by atomic mass is 9.97. The molecule has 0 atom stereocenters. The van der Waals surface area contributed by atoms with Crippen molar-refractivity contribution in [3.8, 4) is 0 Å². The molecule has 1 aliphatic rings. The number of carbonyl (C=O) groups excluding carboxylic acids is 2. The average Bonchev–Trinajstić information content (AvgIpc) is 2.66. The molecular formula is C20H22N2O3. The highest BCUT2D eigenvalue weighted by atomic mass is 16.5. The Balaban J connectivity index is 1.63. The minimum absolute atomic E-state index is 0.0322. The monoisotopic (exact) mass is 338 g/mol. The summed E-state index contributed by atoms with van der Waals surface area (Å²) in [5.41, 5.74) is 1.81. The Hall–Kier alpha value is -2.69. The van der Waals surface area contributed by atoms with Gasteiger partial charge < -0.3 is 9.64 Å². The van der Waals surface area contributed by atoms with Crippen molar-refractivity contribution >= 4 is 28.9 Å². The first kappa shape index (κ1) is 17.1. The predicted molar refractivity (Wildman–Crippen MR) is 96.7 cm³/mol. The van der Waals surface area contributed by atoms with Crippen molar-refractivity contribution in [3.63, 3.8) is 0 Å². The number of piperidine rings is 1. The van der Waals surface area contributed by atoms with Crippen molar-refractivity contribution in [2.24, 2.45) is 5.92 Å². The SMILES string of the molecule is CCOC(=O)C1CCN(C(=O)/C=C/c2cccc3cccnc23)CC1. The van der Waals surface area contributed by atoms with E-state index in [1.165, 1.54) is 0 Å². The van der Waals surface area contributed by atoms with Gasteiger partial charge in [0, 0.05) is 36.3 Å². The maximum absolute atomic E-state index is 12.4. The normalized spacial score (nSPS) is 15.6. The van der Waals surface area contributed by atoms with Crippen LogP contribution in [0.15, 0.2) is 42.6 Å². The molecule has 0 unspecified atom stereocenters. The molecule has 0 bridgehead atoms. The van der Waals surface area contributed by atoms with Crippen LogP contribution >= 0.6 is 0 Å². The lowest BCUT2D eigenvalue weighted by Crippen LogP contribution is -2.39. The van der Waals surface area contributed by atoms with E-state index in [0.29, 0.717) is 32.5 Å². The quantitative estimate of drug-likeness (QED) is 0.635. The molecule has 1 aromatic heterocycles. The van der Waals surface area contributed by atoms with E-state index in [9.17, 15) is 9.59 Å². The standard InChI is InChI=1S/C20H22N2O3/c1-2-25-20(24)17-10-13-22(14-11-17)18(23)9-8-16-6-3-5-15-7-4-12-21-19(15)16/h3-9,12,17H,2,10-11,13-14H2,1H3/b9-8+. The van der Waals surface area contributed by atoms with Gasteiger partial charge in [-0.1, -0.05) is 24.3 Å². The van der Waals surface area contributed by atoms with Crippen LogP contribution in [0.4, 0.5) is 0 Å². The smallest absolute Gasteiger partial charge is 0.309 e. The summed E-state index contributed by atoms with van der Waals surface area (Å²) in [6.45, 7) is 3.38. The van der Waals surface area contributed by atoms with E-state index < -0.39 is 0 Å². The molecule has 3 rings (SSSR count). The van der Waals surface area contributed by atoms with Crippen molar-refractivity contribution in [2.45, 2.75) is 19.8 Å². The molecule has 1 aromatic carbocycles. The third-order valence-electron chi connectivity index (χ3n) is 4.50. The Morgan fingerprint density at radius 1 is 1.24 bits per heavy atom. The van der Waals surface area contributed by atoms with Gasteiger partial charge in [0.25, 0.3) is 0 Å². The van der Waals surface area contributed by atoms with Gasteiger partial charge in [0.05, 0.1) is 18.0 Å². The maximum atomic E-state index is 12.4. The summed E-state index contributed by atoms with van der Waals surface area (Å²) in [4.78, 5) is 30.3. The van der Waals surface area contributed by atoms with Crippen molar-refractivity contribution in [1.82, 2.24) is 9.88 Å². The highest BCUT2D eigenvalue weighted by Gasteiger charge is 2.27. The van der Waals surface area contributed by atoms with Crippen molar-refractivity contribution < 1.29 is 14.3 Å². The number of benzene rings is 1. The number of nitrogens with zero attached hydrogens (tertiary/aromatic N) is 2. The van der Waals surface area contributed by atoms with Crippen molar-refractivity contribution in [1.29, 1.82) is 0 Å². The first-order chi connectivity index (χ1) is 12.2. The van der Waals surface area contributed by atoms with Gasteiger partial charge in [0.1, 0.15) is 0 Å². The van der Waals surface area contributed by atoms with Gasteiger partial charge in [-0.3, -0.25) is 14.6 Å². The predicted octanol–water partition coefficient (Wildman–Crippen LogP) is 3.05. The zero-order valence-corrected chi connectivity index (χ0v) is 14.4. The van der Waals surface area contributed by atoms with E-state index in [-0.39, 0.29) is 17.8 Å². The average molecular weight is 338 g/mol. The largest absolute Gasteiger partial charge is 0.466 e. The number of fused-ring (bicyclic) bond motifs is 1. The van der Waals surface area contributed by atoms with E-state index in [0.717, 1.165) is 16.5 Å². The van der Waals surface area contributed by atoms with Crippen LogP contribution in [0.2, 0.25) is 0 Å². The van der Waals surface area contributed by atoms with Gasteiger partial charge >= 0.3 is 5.97 Å². The number of likely N-dealkylation sites (tertiary alicyclic amines) is 1. The number of ether oxygens (including phenoxy) is 1. The fourth-order valence-electron chi connectivity index (χ4n) is 3.12. The first-order valence-corrected chi connectivity index (χ1v) is 8.66. The second-order valence-corrected chi connectivity index (χ2v) is 6.11. The Morgan fingerprint density at radius 3 is 2.76 bits per heavy atom. The second kappa shape index (κ2) is 7.92. The number of aromatic nitrogens is 1. The second-order valence-electron chi connectivity index (χ2n) is 6.11. The van der Waals surface area contributed by atoms with E-state index in [4.69, 9.17) is 4.74 Å². The minimum atomic E-state index is -0.146. The lowest BCUT2D eigenvalue weighted by Gasteiger charge is -2.30. The molecule has 130 valence electrons. The molecule has 25 heavy (non-hydrogen) atoms. The van der Waals surface area contributed by atoms with Crippen LogP contribution in [-0.4, -0.2) is 41.5 Å². The number of rotatable bonds is 4. The fraction of sp³-hybridized carbons (Fsp3) is 0.350. The molecule has 2 heterocycles. The van der Waals surface area contributed by atoms with E-state index in [1.54, 1.807) is 17.2 Å². The zero-order valence-electron chi connectivity index (χ0n) is 14.4. The van der Waals surface area contributed by atoms with E-state index in [1.807, 2.05) is 43.3 Å². The van der Waals surface area contributed by atoms with Gasteiger partial charge in [-0.05, 0) is 31.9 Å². The highest BCUT2D eigenvalue weighted by molar-refractivity contribution is 5.95. The summed E-state index contributed by atoms with van der Waals surface area (Å²) in [5, 5.41) is 1.05. The number of para-hydroxylation sites is 1. The molecule has 0 radical (unpaired) electrons. The Bertz CT molecular complexity index is 787. The van der Waals surface area contributed by atoms with Crippen LogP contribution < -0.4 is 0 Å². The molecule has 5 nitrogen and oxygen atoms in total. The number of esters is 1. The van der Waals surface area contributed by atoms with Crippen molar-refractivity contribution in [2.75, 3.05) is 19.7 Å². The Morgan fingerprint density at radius 2 is 2.00 bits per heavy atom. The zero-order chi connectivity index (χ0) is 17.6. The number of hydrogen-bond acceptors (Lipinski definition) is 4. The van der Waals surface area contributed by atoms with Gasteiger partial charge in [0.2, 0.25) is 5.91 Å². The maximum Gasteiger partial charge on any atom is 0.309 e. The minimum Gasteiger partial charge on any atom is -0.466 e. The molecule has 0 N–H and O–H groups in total. The van der Waals surface area contributed by atoms with Crippen LogP contribution in [0.25, 0.3) is 17.0 Å². The van der Waals surface area contributed by atoms with Crippen LogP contribution in [0.1, 0.15) is 25.3 Å². The molecule has 0 saturated carbocycles. The van der Waals surface area contributed by atoms with Gasteiger partial charge in [-0.15, -0.1) is 0 Å². The summed E-state index contributed by atoms with van der Waals surface area (Å²) in [6.07, 6.45) is 6.48. The molecular weight excluding hydrogens is 316 g/mol. The molecule has 5 heteroatoms. The van der Waals surface area contributed by atoms with Crippen molar-refractivity contribution in [3.05, 3.63) is 48.2 Å². The summed E-state index contributed by atoms with van der Waals surface area (Å²) in [6, 6.07) is 9.81. The van der Waals surface area contributed by atoms with Gasteiger partial charge in [-0.2, -0.15) is 0 Å². The summed E-state index contributed by atoms with van der Waals surface area (Å²) >= 11 is 0. The molecule has 0 spiro atoms. The molecule has 1 amide bonds. The van der Waals surface area contributed by atoms with Gasteiger partial charge in [-0.25, -0.2) is 0 Å². The third kappa shape index (κ3) is 4.05. The van der Waals surface area contributed by atoms with E-state index >= 15 is 0 Å². The number of carbonyl (C=O) groups is 2. The Labute approximate surface area is 147 Å². The molecule has 2 aromatic rings. The van der Waals surface area contributed by atoms with Gasteiger partial charge in [0.15, 0.2) is 0 Å². The Kier molecular flexibility index (Phi) is 5.43. The number of hydrogen-bond donors (Lipinski definition) is 0. The van der Waals surface area contributed by atoms with E-state index in [2.05, 4.69) is 4.98 Å². The van der Waals surface area contributed by atoms with Crippen LogP contribution in [-0.2, 0) is 14.3 Å². The molecule has 1 saturated heterocycles. The van der Waals surface area contributed by atoms with Crippen LogP contribution in [0.5, 0.6) is 0 Å². The molecule has 1 fully saturated rings. The number of amides is 1. The number of pyridine rings is 1. The topological polar surface area (TPSA) is 59.5 Å². The van der Waals surface area contributed by atoms with Crippen LogP contribution in [0, 0.1) is 5.92 Å². The summed E-state index contributed by atoms with van der Waals surface area (Å²) in [7, 11) is 0. The first-order valence-electron chi connectivity index (χ1n) is 8.66. The summed E-state index contributed by atoms with van der Waals surface area (Å²) < 4.78 is 5.06. The molecule has 0 aliphatic carbocycles. The third-order valence-corrected chi connectivity index (χ3v) is 4.50. The highest BCUT2D eigenvalue weighted by Crippen LogP contribution is 2.20. The van der Waals surface area contributed by atoms with Crippen LogP contribution in [0.3, 0.4) is 0 Å². The molecule has 1 aliphatic heterocycles.